The Kier molecular flexibility index (Phi) is 7.50. The summed E-state index contributed by atoms with van der Waals surface area (Å²) in [6.07, 6.45) is 5.99. The molecule has 0 aromatic carbocycles. The molecule has 0 unspecified atom stereocenters. The highest BCUT2D eigenvalue weighted by Gasteiger charge is 2.41. The number of hydrazine groups is 2. The van der Waals surface area contributed by atoms with Crippen molar-refractivity contribution in [2.75, 3.05) is 26.4 Å². The van der Waals surface area contributed by atoms with E-state index in [0.717, 1.165) is 0 Å². The molecule has 0 aromatic heterocycles. The fourth-order valence-corrected chi connectivity index (χ4v) is 2.37. The highest BCUT2D eigenvalue weighted by Crippen LogP contribution is 2.31. The number of hydrogen-bond donors (Lipinski definition) is 4. The lowest BCUT2D eigenvalue weighted by Crippen LogP contribution is -2.52. The molecule has 6 N–H and O–H groups in total. The Hall–Kier alpha value is -1.82. The van der Waals surface area contributed by atoms with E-state index in [2.05, 4.69) is 0 Å². The van der Waals surface area contributed by atoms with Crippen molar-refractivity contribution in [2.24, 2.45) is 17.1 Å². The molecular weight excluding hydrogens is 332 g/mol. The molecule has 0 atom stereocenters. The highest BCUT2D eigenvalue weighted by molar-refractivity contribution is 5.87. The smallest absolute Gasteiger partial charge is 0.257 e. The summed E-state index contributed by atoms with van der Waals surface area (Å²) in [6.45, 7) is 1.75. The number of ether oxygens (including phenoxy) is 4. The van der Waals surface area contributed by atoms with Crippen molar-refractivity contribution < 1.29 is 28.5 Å². The van der Waals surface area contributed by atoms with Crippen LogP contribution in [-0.4, -0.2) is 50.8 Å². The summed E-state index contributed by atoms with van der Waals surface area (Å²) in [4.78, 5) is 22.0. The molecule has 2 rings (SSSR count). The van der Waals surface area contributed by atoms with Crippen LogP contribution in [0.25, 0.3) is 0 Å². The van der Waals surface area contributed by atoms with Crippen LogP contribution >= 0.6 is 0 Å². The molecule has 1 spiro atoms. The van der Waals surface area contributed by atoms with E-state index >= 15 is 0 Å². The summed E-state index contributed by atoms with van der Waals surface area (Å²) in [5.74, 6) is 9.19. The zero-order chi connectivity index (χ0) is 18.1. The molecule has 0 saturated carbocycles. The lowest BCUT2D eigenvalue weighted by atomic mass is 9.90. The van der Waals surface area contributed by atoms with Gasteiger partial charge in [-0.05, 0) is 0 Å². The Morgan fingerprint density at radius 2 is 1.20 bits per heavy atom. The van der Waals surface area contributed by atoms with Crippen LogP contribution in [0.2, 0.25) is 0 Å². The SMILES string of the molecule is NNC(=O)C=CCC1OCC2(CO1)COC(CC=CC(=O)NN)OC2. The summed E-state index contributed by atoms with van der Waals surface area (Å²) in [6, 6.07) is 0. The van der Waals surface area contributed by atoms with Crippen molar-refractivity contribution >= 4 is 11.8 Å². The van der Waals surface area contributed by atoms with E-state index in [9.17, 15) is 9.59 Å². The predicted molar refractivity (Wildman–Crippen MR) is 86.0 cm³/mol. The number of rotatable bonds is 6. The maximum Gasteiger partial charge on any atom is 0.257 e. The van der Waals surface area contributed by atoms with Gasteiger partial charge in [0.25, 0.3) is 11.8 Å². The van der Waals surface area contributed by atoms with Crippen LogP contribution in [0, 0.1) is 5.41 Å². The van der Waals surface area contributed by atoms with Gasteiger partial charge in [0.15, 0.2) is 12.6 Å². The summed E-state index contributed by atoms with van der Waals surface area (Å²) in [5.41, 5.74) is 3.66. The van der Waals surface area contributed by atoms with Gasteiger partial charge in [-0.25, -0.2) is 11.7 Å². The Morgan fingerprint density at radius 3 is 1.52 bits per heavy atom. The average molecular weight is 356 g/mol. The van der Waals surface area contributed by atoms with Gasteiger partial charge in [0.05, 0.1) is 31.8 Å². The molecule has 0 radical (unpaired) electrons. The third-order valence-electron chi connectivity index (χ3n) is 3.78. The number of amides is 2. The maximum absolute atomic E-state index is 11.0. The summed E-state index contributed by atoms with van der Waals surface area (Å²) in [5, 5.41) is 0. The van der Waals surface area contributed by atoms with Crippen LogP contribution < -0.4 is 22.5 Å². The van der Waals surface area contributed by atoms with E-state index in [1.54, 1.807) is 12.2 Å². The minimum absolute atomic E-state index is 0.344. The second kappa shape index (κ2) is 9.61. The normalized spacial score (nSPS) is 30.0. The molecule has 0 bridgehead atoms. The highest BCUT2D eigenvalue weighted by atomic mass is 16.7. The van der Waals surface area contributed by atoms with Gasteiger partial charge < -0.3 is 18.9 Å². The average Bonchev–Trinajstić information content (AvgIpc) is 2.65. The fourth-order valence-electron chi connectivity index (χ4n) is 2.37. The molecule has 2 heterocycles. The van der Waals surface area contributed by atoms with Crippen LogP contribution in [0.4, 0.5) is 0 Å². The first-order valence-electron chi connectivity index (χ1n) is 7.87. The van der Waals surface area contributed by atoms with Crippen molar-refractivity contribution in [2.45, 2.75) is 25.4 Å². The van der Waals surface area contributed by atoms with Gasteiger partial charge in [0.2, 0.25) is 0 Å². The molecule has 2 saturated heterocycles. The first-order valence-corrected chi connectivity index (χ1v) is 7.87. The zero-order valence-corrected chi connectivity index (χ0v) is 13.8. The molecule has 10 heteroatoms. The van der Waals surface area contributed by atoms with Crippen molar-refractivity contribution in [1.29, 1.82) is 0 Å². The summed E-state index contributed by atoms with van der Waals surface area (Å²) < 4.78 is 22.7. The lowest BCUT2D eigenvalue weighted by molar-refractivity contribution is -0.300. The quantitative estimate of drug-likeness (QED) is 0.196. The minimum atomic E-state index is -0.414. The van der Waals surface area contributed by atoms with Crippen LogP contribution in [-0.2, 0) is 28.5 Å². The van der Waals surface area contributed by atoms with E-state index in [-0.39, 0.29) is 17.2 Å². The standard InChI is InChI=1S/C15H24N4O6/c16-18-11(20)3-1-5-13-22-7-15(8-23-13)9-24-14(25-10-15)6-2-4-12(21)19-17/h1-4,13-14H,5-10,16-17H2,(H,18,20)(H,19,21). The van der Waals surface area contributed by atoms with E-state index < -0.39 is 12.6 Å². The van der Waals surface area contributed by atoms with Gasteiger partial charge in [-0.1, -0.05) is 12.2 Å². The minimum Gasteiger partial charge on any atom is -0.351 e. The monoisotopic (exact) mass is 356 g/mol. The summed E-state index contributed by atoms with van der Waals surface area (Å²) >= 11 is 0. The molecule has 10 nitrogen and oxygen atoms in total. The molecule has 2 fully saturated rings. The molecular formula is C15H24N4O6. The number of hydrogen-bond acceptors (Lipinski definition) is 8. The van der Waals surface area contributed by atoms with Crippen LogP contribution in [0.15, 0.2) is 24.3 Å². The lowest BCUT2D eigenvalue weighted by Gasteiger charge is -2.43. The Balaban J connectivity index is 1.69. The maximum atomic E-state index is 11.0. The van der Waals surface area contributed by atoms with Crippen molar-refractivity contribution in [3.63, 3.8) is 0 Å². The van der Waals surface area contributed by atoms with Crippen LogP contribution in [0.5, 0.6) is 0 Å². The van der Waals surface area contributed by atoms with Gasteiger partial charge >= 0.3 is 0 Å². The first kappa shape index (κ1) is 19.5. The van der Waals surface area contributed by atoms with Crippen molar-refractivity contribution in [1.82, 2.24) is 10.9 Å². The zero-order valence-electron chi connectivity index (χ0n) is 13.8. The molecule has 0 aromatic rings. The molecule has 0 aliphatic carbocycles. The van der Waals surface area contributed by atoms with Crippen LogP contribution in [0.3, 0.4) is 0 Å². The van der Waals surface area contributed by atoms with Crippen LogP contribution in [0.1, 0.15) is 12.8 Å². The van der Waals surface area contributed by atoms with Gasteiger partial charge in [-0.3, -0.25) is 20.4 Å². The van der Waals surface area contributed by atoms with Gasteiger partial charge in [0.1, 0.15) is 0 Å². The summed E-state index contributed by atoms with van der Waals surface area (Å²) in [7, 11) is 0. The van der Waals surface area contributed by atoms with E-state index in [4.69, 9.17) is 30.6 Å². The molecule has 140 valence electrons. The van der Waals surface area contributed by atoms with Crippen molar-refractivity contribution in [3.05, 3.63) is 24.3 Å². The Morgan fingerprint density at radius 1 is 0.840 bits per heavy atom. The Labute approximate surface area is 145 Å². The number of nitrogens with one attached hydrogen (secondary N) is 2. The number of carbonyl (C=O) groups excluding carboxylic acids is 2. The molecule has 2 aliphatic heterocycles. The van der Waals surface area contributed by atoms with Gasteiger partial charge in [-0.2, -0.15) is 0 Å². The topological polar surface area (TPSA) is 147 Å². The number of carbonyl (C=O) groups is 2. The van der Waals surface area contributed by atoms with Crippen molar-refractivity contribution in [3.8, 4) is 0 Å². The fraction of sp³-hybridized carbons (Fsp3) is 0.600. The van der Waals surface area contributed by atoms with E-state index in [0.29, 0.717) is 39.3 Å². The third kappa shape index (κ3) is 6.20. The Bertz CT molecular complexity index is 459. The molecule has 25 heavy (non-hydrogen) atoms. The largest absolute Gasteiger partial charge is 0.351 e. The molecule has 2 amide bonds. The van der Waals surface area contributed by atoms with E-state index in [1.807, 2.05) is 10.9 Å². The molecule has 2 aliphatic rings. The van der Waals surface area contributed by atoms with E-state index in [1.165, 1.54) is 12.2 Å². The second-order valence-corrected chi connectivity index (χ2v) is 5.90. The predicted octanol–water partition coefficient (Wildman–Crippen LogP) is -1.41. The van der Waals surface area contributed by atoms with Gasteiger partial charge in [-0.15, -0.1) is 0 Å². The van der Waals surface area contributed by atoms with Gasteiger partial charge in [0, 0.05) is 25.0 Å². The second-order valence-electron chi connectivity index (χ2n) is 5.90. The third-order valence-corrected chi connectivity index (χ3v) is 3.78. The first-order chi connectivity index (χ1) is 12.1. The number of nitrogens with two attached hydrogens (primary N) is 2.